The summed E-state index contributed by atoms with van der Waals surface area (Å²) >= 11 is 0. The van der Waals surface area contributed by atoms with Gasteiger partial charge in [-0.25, -0.2) is 8.42 Å². The van der Waals surface area contributed by atoms with E-state index in [4.69, 9.17) is 0 Å². The summed E-state index contributed by atoms with van der Waals surface area (Å²) in [4.78, 5) is 26.5. The van der Waals surface area contributed by atoms with Crippen LogP contribution in [0, 0.1) is 11.8 Å². The van der Waals surface area contributed by atoms with Crippen LogP contribution < -0.4 is 40.0 Å². The van der Waals surface area contributed by atoms with Crippen LogP contribution in [0.1, 0.15) is 38.7 Å². The van der Waals surface area contributed by atoms with Gasteiger partial charge in [-0.3, -0.25) is 9.10 Å². The smallest absolute Gasteiger partial charge is 0.265 e. The molecule has 48 heavy (non-hydrogen) atoms. The number of unbranched alkanes of at least 4 members (excludes halogenated alkanes) is 2. The first kappa shape index (κ1) is 36.8. The lowest BCUT2D eigenvalue weighted by atomic mass is 9.78. The number of carboxylic acid groups (broad SMARTS) is 1. The van der Waals surface area contributed by atoms with Crippen molar-refractivity contribution in [2.75, 3.05) is 69.8 Å². The van der Waals surface area contributed by atoms with Crippen molar-refractivity contribution in [3.8, 4) is 0 Å². The molecule has 4 N–H and O–H groups in total. The van der Waals surface area contributed by atoms with Crippen molar-refractivity contribution in [2.24, 2.45) is 11.8 Å². The fourth-order valence-electron chi connectivity index (χ4n) is 9.25. The van der Waals surface area contributed by atoms with Crippen LogP contribution in [0.15, 0.2) is 46.5 Å². The van der Waals surface area contributed by atoms with E-state index in [0.29, 0.717) is 16.6 Å². The zero-order valence-corrected chi connectivity index (χ0v) is 30.1. The first-order valence-electron chi connectivity index (χ1n) is 17.0. The first-order chi connectivity index (χ1) is 21.9. The third-order valence-electron chi connectivity index (χ3n) is 12.1. The highest BCUT2D eigenvalue weighted by Crippen LogP contribution is 2.49. The molecule has 0 aliphatic carbocycles. The van der Waals surface area contributed by atoms with E-state index in [1.54, 1.807) is 19.1 Å². The molecule has 6 aliphatic heterocycles. The van der Waals surface area contributed by atoms with Gasteiger partial charge in [-0.15, -0.1) is 0 Å². The number of carboxylic acids is 1. The van der Waals surface area contributed by atoms with Crippen LogP contribution in [-0.2, 0) is 26.0 Å². The molecule has 4 saturated heterocycles. The maximum Gasteiger partial charge on any atom is 0.265 e. The number of rotatable bonds is 12. The number of carbonyl (C=O) groups is 2. The van der Waals surface area contributed by atoms with E-state index < -0.39 is 45.9 Å². The molecular weight excluding hydrogens is 677 g/mol. The molecule has 0 saturated carbocycles. The molecule has 0 spiro atoms. The number of sulfonamides is 1. The molecule has 0 radical (unpaired) electrons. The predicted molar refractivity (Wildman–Crippen MR) is 170 cm³/mol. The van der Waals surface area contributed by atoms with Crippen molar-refractivity contribution < 1.29 is 67.7 Å². The standard InChI is InChI=1S/C34H46N5O6S.2ClH/c1-22-26(32(34(42)43)37-31(22)29(23(2)40)33(37)41)21-36-27-8-6-7-25-24(9-10-28(30(25)27)46(36,44)45)11-14-39-18-15-38(16-19-39,17-20-39)13-5-3-4-12-35;;/h6-10,22-23,29,31,40H,3-5,11-21,35H2,1-2H3;2*1H/q+1;;/p-1/t22-,23+,29+,31+,38?,39?;;/m0../s1. The molecule has 2 aromatic rings. The molecule has 11 nitrogen and oxygen atoms in total. The molecular formula is C34H47Cl2N5O6S. The van der Waals surface area contributed by atoms with Gasteiger partial charge in [0.15, 0.2) is 0 Å². The van der Waals surface area contributed by atoms with E-state index in [2.05, 4.69) is 5.73 Å². The number of piperazine rings is 3. The fraction of sp³-hybridized carbons (Fsp3) is 0.588. The van der Waals surface area contributed by atoms with Crippen molar-refractivity contribution in [1.29, 1.82) is 0 Å². The number of hydrogen-bond donors (Lipinski definition) is 2. The number of aliphatic hydroxyl groups excluding tert-OH is 1. The van der Waals surface area contributed by atoms with Crippen LogP contribution >= 0.6 is 0 Å². The second kappa shape index (κ2) is 13.4. The van der Waals surface area contributed by atoms with E-state index >= 15 is 0 Å². The lowest BCUT2D eigenvalue weighted by Gasteiger charge is -2.55. The maximum absolute atomic E-state index is 14.0. The van der Waals surface area contributed by atoms with Gasteiger partial charge in [0, 0.05) is 17.7 Å². The number of hydrogen-bond acceptors (Lipinski definition) is 6. The molecule has 264 valence electrons. The predicted octanol–water partition coefficient (Wildman–Crippen LogP) is -6.17. The van der Waals surface area contributed by atoms with Crippen LogP contribution in [0.4, 0.5) is 5.69 Å². The molecule has 14 heteroatoms. The van der Waals surface area contributed by atoms with E-state index in [0.717, 1.165) is 34.9 Å². The first-order valence-corrected chi connectivity index (χ1v) is 18.4. The molecule has 0 aromatic heterocycles. The van der Waals surface area contributed by atoms with E-state index in [-0.39, 0.29) is 42.0 Å². The number of nitrogens with zero attached hydrogens (tertiary/aromatic N) is 4. The van der Waals surface area contributed by atoms with Crippen molar-refractivity contribution in [2.45, 2.75) is 56.6 Å². The third kappa shape index (κ3) is 5.61. The van der Waals surface area contributed by atoms with Crippen LogP contribution in [0.2, 0.25) is 0 Å². The molecule has 4 atom stereocenters. The summed E-state index contributed by atoms with van der Waals surface area (Å²) in [5.41, 5.74) is 5.71. The van der Waals surface area contributed by atoms with Crippen molar-refractivity contribution in [3.05, 3.63) is 47.2 Å². The zero-order chi connectivity index (χ0) is 32.6. The number of aliphatic hydroxyl groups is 1. The van der Waals surface area contributed by atoms with Crippen LogP contribution in [0.25, 0.3) is 10.8 Å². The van der Waals surface area contributed by atoms with Crippen molar-refractivity contribution in [3.63, 3.8) is 0 Å². The Morgan fingerprint density at radius 3 is 2.27 bits per heavy atom. The van der Waals surface area contributed by atoms with Gasteiger partial charge in [-0.1, -0.05) is 25.1 Å². The number of aliphatic carboxylic acids is 1. The average molecular weight is 725 g/mol. The van der Waals surface area contributed by atoms with Crippen LogP contribution in [-0.4, -0.2) is 117 Å². The Morgan fingerprint density at radius 1 is 1.02 bits per heavy atom. The normalized spacial score (nSPS) is 30.2. The van der Waals surface area contributed by atoms with Gasteiger partial charge in [-0.2, -0.15) is 0 Å². The quantitative estimate of drug-likeness (QED) is 0.127. The fourth-order valence-corrected chi connectivity index (χ4v) is 10.9. The minimum Gasteiger partial charge on any atom is -1.00 e. The Bertz CT molecular complexity index is 1730. The SMILES string of the molecule is C[C@@H](O)[C@H]1C(=O)N2C(C(=O)[O-])=C(CN3c4cccc5c(CC[N+]67CC[N+](CCCCC[NH3+])(CC6)CC7)ccc(c45)S3(=O)=O)[C@H](C)[C@H]12.[Cl-].[Cl-]. The molecule has 6 heterocycles. The molecule has 0 unspecified atom stereocenters. The third-order valence-corrected chi connectivity index (χ3v) is 13.9. The lowest BCUT2D eigenvalue weighted by Crippen LogP contribution is -3.00. The van der Waals surface area contributed by atoms with Crippen LogP contribution in [0.3, 0.4) is 0 Å². The Morgan fingerprint density at radius 2 is 1.67 bits per heavy atom. The monoisotopic (exact) mass is 723 g/mol. The molecule has 8 rings (SSSR count). The highest BCUT2D eigenvalue weighted by molar-refractivity contribution is 7.93. The second-order valence-electron chi connectivity index (χ2n) is 14.5. The highest BCUT2D eigenvalue weighted by Gasteiger charge is 2.59. The van der Waals surface area contributed by atoms with Gasteiger partial charge < -0.3 is 59.4 Å². The highest BCUT2D eigenvalue weighted by atomic mass is 35.5. The Labute approximate surface area is 295 Å². The minimum absolute atomic E-state index is 0. The topological polar surface area (TPSA) is 146 Å². The van der Waals surface area contributed by atoms with Gasteiger partial charge in [0.2, 0.25) is 5.91 Å². The summed E-state index contributed by atoms with van der Waals surface area (Å²) in [6.45, 7) is 13.8. The van der Waals surface area contributed by atoms with E-state index in [1.165, 1.54) is 85.7 Å². The van der Waals surface area contributed by atoms with Gasteiger partial charge in [0.1, 0.15) is 39.3 Å². The molecule has 1 amide bonds. The summed E-state index contributed by atoms with van der Waals surface area (Å²) < 4.78 is 31.7. The average Bonchev–Trinajstić information content (AvgIpc) is 3.41. The van der Waals surface area contributed by atoms with E-state index in [1.807, 2.05) is 18.2 Å². The van der Waals surface area contributed by atoms with Gasteiger partial charge in [-0.05, 0) is 54.8 Å². The maximum atomic E-state index is 14.0. The number of fused-ring (bicyclic) bond motifs is 4. The van der Waals surface area contributed by atoms with Crippen molar-refractivity contribution >= 4 is 38.4 Å². The number of quaternary nitrogens is 3. The second-order valence-corrected chi connectivity index (χ2v) is 16.3. The Balaban J connectivity index is 0.00000225. The summed E-state index contributed by atoms with van der Waals surface area (Å²) in [5, 5.41) is 24.1. The number of benzene rings is 2. The summed E-state index contributed by atoms with van der Waals surface area (Å²) in [7, 11) is -3.97. The number of anilines is 1. The molecule has 2 bridgehead atoms. The Hall–Kier alpha value is -2.45. The van der Waals surface area contributed by atoms with Crippen LogP contribution in [0.5, 0.6) is 0 Å². The van der Waals surface area contributed by atoms with E-state index in [9.17, 15) is 28.2 Å². The summed E-state index contributed by atoms with van der Waals surface area (Å²) in [6, 6.07) is 8.79. The van der Waals surface area contributed by atoms with Gasteiger partial charge in [0.25, 0.3) is 10.0 Å². The van der Waals surface area contributed by atoms with Gasteiger partial charge >= 0.3 is 0 Å². The van der Waals surface area contributed by atoms with Crippen molar-refractivity contribution in [1.82, 2.24) is 4.90 Å². The Kier molecular flexibility index (Phi) is 10.2. The number of β-lactam (4-membered cyclic amide) rings is 1. The number of amides is 1. The molecule has 4 fully saturated rings. The zero-order valence-electron chi connectivity index (χ0n) is 27.7. The molecule has 6 aliphatic rings. The number of carbonyl (C=O) groups excluding carboxylic acids is 2. The largest absolute Gasteiger partial charge is 1.00 e. The summed E-state index contributed by atoms with van der Waals surface area (Å²) in [5.74, 6) is -3.16. The summed E-state index contributed by atoms with van der Waals surface area (Å²) in [6.07, 6.45) is 3.70. The lowest BCUT2D eigenvalue weighted by molar-refractivity contribution is -1.08. The number of halogens is 2. The molecule has 2 aromatic carbocycles. The minimum atomic E-state index is -3.97. The van der Waals surface area contributed by atoms with Gasteiger partial charge in [0.05, 0.1) is 66.5 Å².